The zero-order chi connectivity index (χ0) is 35.7. The molecule has 0 saturated heterocycles. The summed E-state index contributed by atoms with van der Waals surface area (Å²) in [6.45, 7) is 7.20. The lowest BCUT2D eigenvalue weighted by atomic mass is 9.84. The Labute approximate surface area is 293 Å². The van der Waals surface area contributed by atoms with Gasteiger partial charge in [-0.25, -0.2) is 19.2 Å². The Morgan fingerprint density at radius 1 is 0.673 bits per heavy atom. The highest BCUT2D eigenvalue weighted by Crippen LogP contribution is 2.42. The normalized spacial score (nSPS) is 17.6. The molecule has 0 radical (unpaired) electrons. The van der Waals surface area contributed by atoms with Crippen LogP contribution in [0, 0.1) is 0 Å². The molecular formula is C37H38N2O8S2. The zero-order valence-electron chi connectivity index (χ0n) is 28.0. The summed E-state index contributed by atoms with van der Waals surface area (Å²) in [5.74, 6) is -3.59. The highest BCUT2D eigenvalue weighted by atomic mass is 32.1. The number of ether oxygens (including phenoxy) is 3. The van der Waals surface area contributed by atoms with Gasteiger partial charge in [0, 0.05) is 32.5 Å². The van der Waals surface area contributed by atoms with Gasteiger partial charge >= 0.3 is 23.9 Å². The third-order valence-corrected chi connectivity index (χ3v) is 9.73. The summed E-state index contributed by atoms with van der Waals surface area (Å²) in [6, 6.07) is 17.2. The van der Waals surface area contributed by atoms with E-state index < -0.39 is 35.7 Å². The van der Waals surface area contributed by atoms with E-state index in [0.717, 1.165) is 15.3 Å². The quantitative estimate of drug-likeness (QED) is 0.164. The molecule has 4 heterocycles. The van der Waals surface area contributed by atoms with Crippen LogP contribution in [0.2, 0.25) is 0 Å². The molecule has 12 heteroatoms. The van der Waals surface area contributed by atoms with Gasteiger partial charge in [-0.1, -0.05) is 48.5 Å². The van der Waals surface area contributed by atoms with Crippen LogP contribution < -0.4 is 10.6 Å². The molecule has 0 spiro atoms. The third-order valence-electron chi connectivity index (χ3n) is 7.86. The first-order chi connectivity index (χ1) is 23.5. The number of benzene rings is 1. The number of allylic oxidation sites excluding steroid dienone is 4. The first-order valence-corrected chi connectivity index (χ1v) is 17.0. The molecule has 2 atom stereocenters. The maximum absolute atomic E-state index is 13.0. The van der Waals surface area contributed by atoms with Gasteiger partial charge < -0.3 is 30.0 Å². The largest absolute Gasteiger partial charge is 0.478 e. The van der Waals surface area contributed by atoms with E-state index in [4.69, 9.17) is 14.2 Å². The summed E-state index contributed by atoms with van der Waals surface area (Å²) >= 11 is 2.91. The summed E-state index contributed by atoms with van der Waals surface area (Å²) < 4.78 is 15.3. The fourth-order valence-electron chi connectivity index (χ4n) is 5.73. The second kappa shape index (κ2) is 16.8. The number of methoxy groups -OCH3 is 2. The number of carboxylic acids is 1. The van der Waals surface area contributed by atoms with Gasteiger partial charge in [0.25, 0.3) is 0 Å². The van der Waals surface area contributed by atoms with Gasteiger partial charge in [0.15, 0.2) is 0 Å². The maximum Gasteiger partial charge on any atom is 0.337 e. The maximum atomic E-state index is 13.0. The zero-order valence-corrected chi connectivity index (χ0v) is 29.6. The molecule has 2 aliphatic heterocycles. The number of hydrogen-bond donors (Lipinski definition) is 3. The van der Waals surface area contributed by atoms with Crippen molar-refractivity contribution in [3.8, 4) is 0 Å². The van der Waals surface area contributed by atoms with Gasteiger partial charge in [-0.2, -0.15) is 0 Å². The molecule has 0 fully saturated rings. The van der Waals surface area contributed by atoms with Gasteiger partial charge in [0.1, 0.15) is 6.61 Å². The van der Waals surface area contributed by atoms with Gasteiger partial charge in [-0.15, -0.1) is 22.7 Å². The summed E-state index contributed by atoms with van der Waals surface area (Å²) in [5.41, 5.74) is 4.91. The lowest BCUT2D eigenvalue weighted by Crippen LogP contribution is -2.32. The number of esters is 3. The van der Waals surface area contributed by atoms with Crippen molar-refractivity contribution in [2.45, 2.75) is 39.5 Å². The number of rotatable bonds is 9. The molecule has 3 N–H and O–H groups in total. The summed E-state index contributed by atoms with van der Waals surface area (Å²) in [6.07, 6.45) is 3.69. The fraction of sp³-hybridized carbons (Fsp3) is 0.243. The lowest BCUT2D eigenvalue weighted by Gasteiger charge is -2.29. The topological polar surface area (TPSA) is 140 Å². The molecule has 2 unspecified atom stereocenters. The van der Waals surface area contributed by atoms with Crippen molar-refractivity contribution in [1.29, 1.82) is 0 Å². The number of thiophene rings is 2. The molecule has 3 aromatic rings. The van der Waals surface area contributed by atoms with Gasteiger partial charge in [0.2, 0.25) is 0 Å². The molecule has 0 bridgehead atoms. The van der Waals surface area contributed by atoms with Crippen LogP contribution in [-0.4, -0.2) is 49.8 Å². The second-order valence-corrected chi connectivity index (χ2v) is 13.0. The number of carboxylic acid groups (broad SMARTS) is 1. The Morgan fingerprint density at radius 3 is 1.55 bits per heavy atom. The Balaban J connectivity index is 0.000000237. The minimum absolute atomic E-state index is 0.137. The molecule has 0 saturated carbocycles. The Bertz CT molecular complexity index is 1850. The standard InChI is InChI=1S/C23H23NO4S.C14H15NO4S/c1-15-19(22(25)27-3)21(18-12-8-14-29-18)20(16(2)24-15)23(26)28-13-7-11-17-9-5-4-6-10-17;1-7-10(13(16)17)12(9-5-4-6-20-9)11(8(2)15-7)14(18)19-3/h4-12,14,21,24H,13H2,1-3H3;4-6,12,15H,1-3H3,(H,16,17)/b11-7+;. The summed E-state index contributed by atoms with van der Waals surface area (Å²) in [5, 5.41) is 19.3. The van der Waals surface area contributed by atoms with Crippen LogP contribution >= 0.6 is 22.7 Å². The molecule has 2 aliphatic rings. The van der Waals surface area contributed by atoms with E-state index in [2.05, 4.69) is 10.6 Å². The van der Waals surface area contributed by atoms with E-state index >= 15 is 0 Å². The molecule has 49 heavy (non-hydrogen) atoms. The van der Waals surface area contributed by atoms with Crippen molar-refractivity contribution in [3.05, 3.63) is 132 Å². The summed E-state index contributed by atoms with van der Waals surface area (Å²) in [7, 11) is 2.63. The van der Waals surface area contributed by atoms with Crippen molar-refractivity contribution < 1.29 is 38.5 Å². The van der Waals surface area contributed by atoms with Gasteiger partial charge in [0.05, 0.1) is 48.3 Å². The van der Waals surface area contributed by atoms with Crippen molar-refractivity contribution in [2.24, 2.45) is 0 Å². The molecule has 0 amide bonds. The second-order valence-electron chi connectivity index (χ2n) is 11.0. The van der Waals surface area contributed by atoms with E-state index in [0.29, 0.717) is 39.5 Å². The predicted octanol–water partition coefficient (Wildman–Crippen LogP) is 6.65. The smallest absolute Gasteiger partial charge is 0.337 e. The molecule has 10 nitrogen and oxygen atoms in total. The molecule has 2 aromatic heterocycles. The average molecular weight is 703 g/mol. The number of nitrogens with one attached hydrogen (secondary N) is 2. The number of carbonyl (C=O) groups excluding carboxylic acids is 3. The van der Waals surface area contributed by atoms with Crippen LogP contribution in [0.3, 0.4) is 0 Å². The number of hydrogen-bond acceptors (Lipinski definition) is 11. The van der Waals surface area contributed by atoms with Gasteiger partial charge in [-0.05, 0) is 62.2 Å². The van der Waals surface area contributed by atoms with Crippen LogP contribution in [0.1, 0.15) is 54.8 Å². The Hall–Kier alpha value is -5.20. The van der Waals surface area contributed by atoms with E-state index in [1.165, 1.54) is 36.9 Å². The predicted molar refractivity (Wildman–Crippen MR) is 189 cm³/mol. The number of dihydropyridines is 2. The van der Waals surface area contributed by atoms with Crippen LogP contribution in [-0.2, 0) is 33.4 Å². The first kappa shape index (κ1) is 36.6. The minimum Gasteiger partial charge on any atom is -0.478 e. The molecule has 256 valence electrons. The number of aliphatic carboxylic acids is 1. The number of carbonyl (C=O) groups is 4. The van der Waals surface area contributed by atoms with E-state index in [-0.39, 0.29) is 12.2 Å². The van der Waals surface area contributed by atoms with Crippen LogP contribution in [0.15, 0.2) is 117 Å². The van der Waals surface area contributed by atoms with Crippen molar-refractivity contribution in [3.63, 3.8) is 0 Å². The van der Waals surface area contributed by atoms with Gasteiger partial charge in [-0.3, -0.25) is 0 Å². The van der Waals surface area contributed by atoms with Crippen molar-refractivity contribution in [1.82, 2.24) is 10.6 Å². The molecule has 5 rings (SSSR count). The van der Waals surface area contributed by atoms with Crippen LogP contribution in [0.5, 0.6) is 0 Å². The Morgan fingerprint density at radius 2 is 1.12 bits per heavy atom. The summed E-state index contributed by atoms with van der Waals surface area (Å²) in [4.78, 5) is 50.7. The van der Waals surface area contributed by atoms with E-state index in [9.17, 15) is 24.3 Å². The van der Waals surface area contributed by atoms with E-state index in [1.807, 2.05) is 78.4 Å². The fourth-order valence-corrected chi connectivity index (χ4v) is 7.42. The third kappa shape index (κ3) is 8.45. The highest BCUT2D eigenvalue weighted by molar-refractivity contribution is 7.10. The van der Waals surface area contributed by atoms with Crippen molar-refractivity contribution in [2.75, 3.05) is 20.8 Å². The van der Waals surface area contributed by atoms with Crippen LogP contribution in [0.4, 0.5) is 0 Å². The highest BCUT2D eigenvalue weighted by Gasteiger charge is 2.39. The molecule has 1 aromatic carbocycles. The van der Waals surface area contributed by atoms with Crippen LogP contribution in [0.25, 0.3) is 6.08 Å². The Kier molecular flexibility index (Phi) is 12.5. The monoisotopic (exact) mass is 702 g/mol. The minimum atomic E-state index is -1.04. The van der Waals surface area contributed by atoms with E-state index in [1.54, 1.807) is 26.8 Å². The SMILES string of the molecule is COC(=O)C1=C(C)NC(C)=C(C(=O)O)C1c1cccs1.COC(=O)C1=C(C)NC(C)=C(C(=O)OC/C=C/c2ccccc2)C1c1cccs1. The lowest BCUT2D eigenvalue weighted by molar-refractivity contribution is -0.139. The average Bonchev–Trinajstić information content (AvgIpc) is 3.81. The molecular weight excluding hydrogens is 665 g/mol. The van der Waals surface area contributed by atoms with Crippen molar-refractivity contribution >= 4 is 52.6 Å². The first-order valence-electron chi connectivity index (χ1n) is 15.2. The molecule has 0 aliphatic carbocycles.